The Bertz CT molecular complexity index is 517. The van der Waals surface area contributed by atoms with Crippen LogP contribution in [0.5, 0.6) is 5.75 Å². The number of aromatic nitrogens is 2. The normalized spacial score (nSPS) is 11.6. The molecule has 1 heterocycles. The van der Waals surface area contributed by atoms with Crippen molar-refractivity contribution in [2.45, 2.75) is 19.8 Å². The van der Waals surface area contributed by atoms with Crippen molar-refractivity contribution in [3.63, 3.8) is 0 Å². The van der Waals surface area contributed by atoms with Gasteiger partial charge in [0.05, 0.1) is 6.54 Å². The van der Waals surface area contributed by atoms with Gasteiger partial charge in [-0.25, -0.2) is 0 Å². The van der Waals surface area contributed by atoms with Crippen LogP contribution in [0.2, 0.25) is 0 Å². The first-order valence-electron chi connectivity index (χ1n) is 5.27. The van der Waals surface area contributed by atoms with Gasteiger partial charge in [-0.2, -0.15) is 5.10 Å². The summed E-state index contributed by atoms with van der Waals surface area (Å²) in [5.74, 6) is -0.219. The first kappa shape index (κ1) is 12.5. The fourth-order valence-electron chi connectivity index (χ4n) is 1.53. The third kappa shape index (κ3) is 3.26. The van der Waals surface area contributed by atoms with Crippen molar-refractivity contribution in [1.29, 1.82) is 0 Å². The monoisotopic (exact) mass is 256 g/mol. The van der Waals surface area contributed by atoms with Gasteiger partial charge in [-0.3, -0.25) is 4.68 Å². The van der Waals surface area contributed by atoms with Gasteiger partial charge in [-0.1, -0.05) is 12.1 Å². The standard InChI is InChI=1S/C12H11F3N2O/c1-9-6-7-16-17(9)8-10-2-4-11(5-3-10)18-12(13,14)15/h2-7H,8H2,1H3. The number of hydrogen-bond donors (Lipinski definition) is 0. The summed E-state index contributed by atoms with van der Waals surface area (Å²) in [6.45, 7) is 2.43. The quantitative estimate of drug-likeness (QED) is 0.843. The molecule has 0 bridgehead atoms. The molecule has 0 N–H and O–H groups in total. The summed E-state index contributed by atoms with van der Waals surface area (Å²) in [5.41, 5.74) is 1.85. The second-order valence-electron chi connectivity index (χ2n) is 3.82. The SMILES string of the molecule is Cc1ccnn1Cc1ccc(OC(F)(F)F)cc1. The highest BCUT2D eigenvalue weighted by atomic mass is 19.4. The molecule has 0 aliphatic heterocycles. The number of nitrogens with zero attached hydrogens (tertiary/aromatic N) is 2. The van der Waals surface area contributed by atoms with Gasteiger partial charge in [0, 0.05) is 11.9 Å². The van der Waals surface area contributed by atoms with E-state index in [2.05, 4.69) is 9.84 Å². The van der Waals surface area contributed by atoms with Crippen LogP contribution in [0.3, 0.4) is 0 Å². The molecule has 0 fully saturated rings. The minimum absolute atomic E-state index is 0.219. The topological polar surface area (TPSA) is 27.1 Å². The molecule has 0 saturated carbocycles. The lowest BCUT2D eigenvalue weighted by Crippen LogP contribution is -2.17. The maximum atomic E-state index is 12.0. The Balaban J connectivity index is 2.06. The molecule has 1 aromatic carbocycles. The highest BCUT2D eigenvalue weighted by Crippen LogP contribution is 2.22. The van der Waals surface area contributed by atoms with E-state index >= 15 is 0 Å². The highest BCUT2D eigenvalue weighted by Gasteiger charge is 2.30. The minimum Gasteiger partial charge on any atom is -0.406 e. The summed E-state index contributed by atoms with van der Waals surface area (Å²) in [4.78, 5) is 0. The molecule has 6 heteroatoms. The predicted molar refractivity (Wildman–Crippen MR) is 59.2 cm³/mol. The second kappa shape index (κ2) is 4.72. The van der Waals surface area contributed by atoms with Crippen molar-refractivity contribution in [1.82, 2.24) is 9.78 Å². The summed E-state index contributed by atoms with van der Waals surface area (Å²) in [6, 6.07) is 7.62. The molecule has 0 amide bonds. The molecule has 96 valence electrons. The van der Waals surface area contributed by atoms with Gasteiger partial charge in [-0.05, 0) is 30.7 Å². The number of ether oxygens (including phenoxy) is 1. The molecule has 2 rings (SSSR count). The Morgan fingerprint density at radius 2 is 1.83 bits per heavy atom. The molecule has 2 aromatic rings. The fourth-order valence-corrected chi connectivity index (χ4v) is 1.53. The molecule has 0 aliphatic carbocycles. The Hall–Kier alpha value is -1.98. The zero-order valence-electron chi connectivity index (χ0n) is 9.61. The van der Waals surface area contributed by atoms with E-state index in [0.717, 1.165) is 11.3 Å². The second-order valence-corrected chi connectivity index (χ2v) is 3.82. The summed E-state index contributed by atoms with van der Waals surface area (Å²) in [5, 5.41) is 4.10. The smallest absolute Gasteiger partial charge is 0.406 e. The van der Waals surface area contributed by atoms with Crippen LogP contribution in [0, 0.1) is 6.92 Å². The van der Waals surface area contributed by atoms with E-state index in [1.807, 2.05) is 13.0 Å². The lowest BCUT2D eigenvalue weighted by atomic mass is 10.2. The number of rotatable bonds is 3. The molecular formula is C12H11F3N2O. The Labute approximate surface area is 102 Å². The minimum atomic E-state index is -4.65. The number of halogens is 3. The first-order chi connectivity index (χ1) is 8.44. The van der Waals surface area contributed by atoms with Crippen LogP contribution < -0.4 is 4.74 Å². The van der Waals surface area contributed by atoms with E-state index in [1.165, 1.54) is 12.1 Å². The van der Waals surface area contributed by atoms with Gasteiger partial charge in [0.15, 0.2) is 0 Å². The molecule has 18 heavy (non-hydrogen) atoms. The fraction of sp³-hybridized carbons (Fsp3) is 0.250. The summed E-state index contributed by atoms with van der Waals surface area (Å²) < 4.78 is 41.4. The Morgan fingerprint density at radius 3 is 2.33 bits per heavy atom. The van der Waals surface area contributed by atoms with Crippen LogP contribution in [-0.2, 0) is 6.54 Å². The van der Waals surface area contributed by atoms with E-state index in [9.17, 15) is 13.2 Å². The van der Waals surface area contributed by atoms with Gasteiger partial charge in [0.1, 0.15) is 5.75 Å². The zero-order chi connectivity index (χ0) is 13.2. The van der Waals surface area contributed by atoms with Crippen molar-refractivity contribution in [3.05, 3.63) is 47.8 Å². The summed E-state index contributed by atoms with van der Waals surface area (Å²) >= 11 is 0. The molecule has 3 nitrogen and oxygen atoms in total. The molecule has 0 unspecified atom stereocenters. The van der Waals surface area contributed by atoms with Gasteiger partial charge in [-0.15, -0.1) is 13.2 Å². The third-order valence-electron chi connectivity index (χ3n) is 2.42. The highest BCUT2D eigenvalue weighted by molar-refractivity contribution is 5.27. The maximum absolute atomic E-state index is 12.0. The van der Waals surface area contributed by atoms with Crippen LogP contribution >= 0.6 is 0 Å². The molecular weight excluding hydrogens is 245 g/mol. The average molecular weight is 256 g/mol. The van der Waals surface area contributed by atoms with Gasteiger partial charge < -0.3 is 4.74 Å². The van der Waals surface area contributed by atoms with Gasteiger partial charge in [0.2, 0.25) is 0 Å². The van der Waals surface area contributed by atoms with E-state index in [4.69, 9.17) is 0 Å². The predicted octanol–water partition coefficient (Wildman–Crippen LogP) is 3.14. The van der Waals surface area contributed by atoms with E-state index < -0.39 is 6.36 Å². The zero-order valence-corrected chi connectivity index (χ0v) is 9.61. The van der Waals surface area contributed by atoms with Crippen LogP contribution in [-0.4, -0.2) is 16.1 Å². The van der Waals surface area contributed by atoms with Gasteiger partial charge >= 0.3 is 6.36 Å². The van der Waals surface area contributed by atoms with E-state index in [1.54, 1.807) is 23.0 Å². The maximum Gasteiger partial charge on any atom is 0.573 e. The Kier molecular flexibility index (Phi) is 3.27. The first-order valence-corrected chi connectivity index (χ1v) is 5.27. The van der Waals surface area contributed by atoms with E-state index in [-0.39, 0.29) is 5.75 Å². The van der Waals surface area contributed by atoms with Gasteiger partial charge in [0.25, 0.3) is 0 Å². The van der Waals surface area contributed by atoms with Crippen molar-refractivity contribution < 1.29 is 17.9 Å². The number of alkyl halides is 3. The summed E-state index contributed by atoms with van der Waals surface area (Å²) in [6.07, 6.45) is -2.98. The third-order valence-corrected chi connectivity index (χ3v) is 2.42. The molecule has 1 aromatic heterocycles. The van der Waals surface area contributed by atoms with Crippen molar-refractivity contribution >= 4 is 0 Å². The molecule has 0 atom stereocenters. The molecule has 0 aliphatic rings. The van der Waals surface area contributed by atoms with Crippen molar-refractivity contribution in [2.24, 2.45) is 0 Å². The number of benzene rings is 1. The molecule has 0 saturated heterocycles. The molecule has 0 radical (unpaired) electrons. The lowest BCUT2D eigenvalue weighted by molar-refractivity contribution is -0.274. The molecule has 0 spiro atoms. The van der Waals surface area contributed by atoms with Crippen LogP contribution in [0.1, 0.15) is 11.3 Å². The van der Waals surface area contributed by atoms with E-state index in [0.29, 0.717) is 6.54 Å². The number of hydrogen-bond acceptors (Lipinski definition) is 2. The largest absolute Gasteiger partial charge is 0.573 e. The van der Waals surface area contributed by atoms with Crippen LogP contribution in [0.25, 0.3) is 0 Å². The lowest BCUT2D eigenvalue weighted by Gasteiger charge is -2.09. The summed E-state index contributed by atoms with van der Waals surface area (Å²) in [7, 11) is 0. The van der Waals surface area contributed by atoms with Crippen molar-refractivity contribution in [3.8, 4) is 5.75 Å². The van der Waals surface area contributed by atoms with Crippen LogP contribution in [0.4, 0.5) is 13.2 Å². The van der Waals surface area contributed by atoms with Crippen LogP contribution in [0.15, 0.2) is 36.5 Å². The Morgan fingerprint density at radius 1 is 1.17 bits per heavy atom. The van der Waals surface area contributed by atoms with Crippen molar-refractivity contribution in [2.75, 3.05) is 0 Å². The average Bonchev–Trinajstić information content (AvgIpc) is 2.65. The number of aryl methyl sites for hydroxylation is 1.